The minimum Gasteiger partial charge on any atom is -0.485 e. The number of Topliss-reactive ketones (excluding diaryl/α,β-unsaturated/α-hetero) is 1. The van der Waals surface area contributed by atoms with Crippen LogP contribution in [0.5, 0.6) is 5.75 Å². The van der Waals surface area contributed by atoms with Gasteiger partial charge in [-0.3, -0.25) is 9.59 Å². The van der Waals surface area contributed by atoms with Gasteiger partial charge in [0.05, 0.1) is 6.04 Å². The molecule has 1 amide bonds. The highest BCUT2D eigenvalue weighted by Crippen LogP contribution is 2.40. The monoisotopic (exact) mass is 357 g/mol. The number of carbonyl (C=O) groups excluding carboxylic acids is 2. The molecule has 0 spiro atoms. The van der Waals surface area contributed by atoms with Crippen LogP contribution in [0.15, 0.2) is 42.5 Å². The molecule has 5 nitrogen and oxygen atoms in total. The van der Waals surface area contributed by atoms with Gasteiger partial charge >= 0.3 is 0 Å². The van der Waals surface area contributed by atoms with Gasteiger partial charge in [-0.15, -0.1) is 0 Å². The maximum absolute atomic E-state index is 13.1. The number of hydrogen-bond donors (Lipinski definition) is 2. The lowest BCUT2D eigenvalue weighted by molar-refractivity contribution is -0.0627. The molecule has 0 bridgehead atoms. The van der Waals surface area contributed by atoms with E-state index in [4.69, 9.17) is 4.74 Å². The number of nitrogens with one attached hydrogen (secondary N) is 1. The molecule has 26 heavy (non-hydrogen) atoms. The van der Waals surface area contributed by atoms with Gasteiger partial charge < -0.3 is 15.2 Å². The number of hydrogen-bond acceptors (Lipinski definition) is 4. The molecule has 136 valence electrons. The number of rotatable bonds is 3. The molecule has 2 N–H and O–H groups in total. The molecule has 0 saturated heterocycles. The van der Waals surface area contributed by atoms with Gasteiger partial charge in [-0.1, -0.05) is 0 Å². The third kappa shape index (κ3) is 3.32. The molecule has 6 heteroatoms. The third-order valence-corrected chi connectivity index (χ3v) is 4.55. The van der Waals surface area contributed by atoms with E-state index in [1.54, 1.807) is 32.0 Å². The Morgan fingerprint density at radius 1 is 1.12 bits per heavy atom. The summed E-state index contributed by atoms with van der Waals surface area (Å²) >= 11 is 0. The van der Waals surface area contributed by atoms with Crippen LogP contribution in [0.2, 0.25) is 0 Å². The van der Waals surface area contributed by atoms with Crippen molar-refractivity contribution < 1.29 is 23.8 Å². The summed E-state index contributed by atoms with van der Waals surface area (Å²) in [5, 5.41) is 13.5. The third-order valence-electron chi connectivity index (χ3n) is 4.55. The summed E-state index contributed by atoms with van der Waals surface area (Å²) in [6.07, 6.45) is -1.04. The molecule has 1 aliphatic heterocycles. The Kier molecular flexibility index (Phi) is 4.54. The van der Waals surface area contributed by atoms with Crippen molar-refractivity contribution in [3.63, 3.8) is 0 Å². The molecule has 0 aliphatic carbocycles. The SMILES string of the molecule is CC(=O)c1ccc2c(c1)C(NC(=O)c1ccc(F)cc1)C(O)C(C)(C)O2. The molecule has 2 aromatic carbocycles. The molecule has 1 heterocycles. The van der Waals surface area contributed by atoms with Crippen molar-refractivity contribution >= 4 is 11.7 Å². The number of amides is 1. The molecule has 1 aliphatic rings. The zero-order valence-electron chi connectivity index (χ0n) is 14.7. The van der Waals surface area contributed by atoms with E-state index >= 15 is 0 Å². The van der Waals surface area contributed by atoms with Crippen LogP contribution in [0.25, 0.3) is 0 Å². The summed E-state index contributed by atoms with van der Waals surface area (Å²) in [4.78, 5) is 24.3. The van der Waals surface area contributed by atoms with E-state index in [1.165, 1.54) is 31.2 Å². The van der Waals surface area contributed by atoms with Crippen molar-refractivity contribution in [3.05, 3.63) is 65.0 Å². The molecule has 2 unspecified atom stereocenters. The second kappa shape index (κ2) is 6.53. The van der Waals surface area contributed by atoms with Gasteiger partial charge in [0, 0.05) is 16.7 Å². The number of fused-ring (bicyclic) bond motifs is 1. The van der Waals surface area contributed by atoms with Gasteiger partial charge in [-0.2, -0.15) is 0 Å². The van der Waals surface area contributed by atoms with E-state index < -0.39 is 29.5 Å². The van der Waals surface area contributed by atoms with Crippen molar-refractivity contribution in [1.82, 2.24) is 5.32 Å². The molecule has 0 fully saturated rings. The number of carbonyl (C=O) groups is 2. The maximum atomic E-state index is 13.1. The smallest absolute Gasteiger partial charge is 0.251 e. The zero-order chi connectivity index (χ0) is 19.1. The summed E-state index contributed by atoms with van der Waals surface area (Å²) < 4.78 is 18.9. The fraction of sp³-hybridized carbons (Fsp3) is 0.300. The largest absolute Gasteiger partial charge is 0.485 e. The molecule has 0 radical (unpaired) electrons. The zero-order valence-corrected chi connectivity index (χ0v) is 14.7. The van der Waals surface area contributed by atoms with Gasteiger partial charge in [0.15, 0.2) is 5.78 Å². The van der Waals surface area contributed by atoms with Crippen molar-refractivity contribution in [2.45, 2.75) is 38.5 Å². The van der Waals surface area contributed by atoms with E-state index in [9.17, 15) is 19.1 Å². The first-order valence-corrected chi connectivity index (χ1v) is 8.27. The van der Waals surface area contributed by atoms with Crippen LogP contribution in [0.4, 0.5) is 4.39 Å². The van der Waals surface area contributed by atoms with E-state index in [1.807, 2.05) is 0 Å². The predicted octanol–water partition coefficient (Wildman–Crippen LogP) is 3.03. The standard InChI is InChI=1S/C20H20FNO4/c1-11(23)13-6-9-16-15(10-13)17(18(24)20(2,3)26-16)22-19(25)12-4-7-14(21)8-5-12/h4-10,17-18,24H,1-3H3,(H,22,25). The van der Waals surface area contributed by atoms with Crippen LogP contribution in [0.1, 0.15) is 53.1 Å². The average Bonchev–Trinajstić information content (AvgIpc) is 2.58. The second-order valence-corrected chi connectivity index (χ2v) is 6.92. The Hall–Kier alpha value is -2.73. The minimum absolute atomic E-state index is 0.129. The summed E-state index contributed by atoms with van der Waals surface area (Å²) in [7, 11) is 0. The Labute approximate surface area is 150 Å². The Morgan fingerprint density at radius 3 is 2.35 bits per heavy atom. The lowest BCUT2D eigenvalue weighted by Gasteiger charge is -2.42. The number of benzene rings is 2. The number of ether oxygens (including phenoxy) is 1. The van der Waals surface area contributed by atoms with Gasteiger partial charge in [0.1, 0.15) is 23.3 Å². The highest BCUT2D eigenvalue weighted by Gasteiger charge is 2.43. The van der Waals surface area contributed by atoms with E-state index in [0.29, 0.717) is 16.9 Å². The van der Waals surface area contributed by atoms with E-state index in [0.717, 1.165) is 0 Å². The van der Waals surface area contributed by atoms with Crippen LogP contribution < -0.4 is 10.1 Å². The van der Waals surface area contributed by atoms with Gasteiger partial charge in [0.25, 0.3) is 5.91 Å². The fourth-order valence-corrected chi connectivity index (χ4v) is 3.00. The molecule has 0 saturated carbocycles. The Balaban J connectivity index is 1.99. The quantitative estimate of drug-likeness (QED) is 0.828. The summed E-state index contributed by atoms with van der Waals surface area (Å²) in [5.74, 6) is -0.526. The van der Waals surface area contributed by atoms with Crippen molar-refractivity contribution in [2.75, 3.05) is 0 Å². The van der Waals surface area contributed by atoms with Crippen LogP contribution in [0.3, 0.4) is 0 Å². The molecule has 2 aromatic rings. The average molecular weight is 357 g/mol. The predicted molar refractivity (Wildman–Crippen MR) is 93.8 cm³/mol. The van der Waals surface area contributed by atoms with Gasteiger partial charge in [-0.05, 0) is 63.2 Å². The first kappa shape index (κ1) is 18.1. The van der Waals surface area contributed by atoms with Crippen LogP contribution in [0, 0.1) is 5.82 Å². The summed E-state index contributed by atoms with van der Waals surface area (Å²) in [6, 6.07) is 9.28. The second-order valence-electron chi connectivity index (χ2n) is 6.92. The van der Waals surface area contributed by atoms with Crippen molar-refractivity contribution in [1.29, 1.82) is 0 Å². The Morgan fingerprint density at radius 2 is 1.73 bits per heavy atom. The molecule has 3 rings (SSSR count). The minimum atomic E-state index is -1.04. The highest BCUT2D eigenvalue weighted by molar-refractivity contribution is 5.95. The number of halogens is 1. The number of ketones is 1. The van der Waals surface area contributed by atoms with Crippen LogP contribution in [-0.4, -0.2) is 28.5 Å². The van der Waals surface area contributed by atoms with Crippen LogP contribution >= 0.6 is 0 Å². The fourth-order valence-electron chi connectivity index (χ4n) is 3.00. The molecular formula is C20H20FNO4. The van der Waals surface area contributed by atoms with Crippen molar-refractivity contribution in [2.24, 2.45) is 0 Å². The lowest BCUT2D eigenvalue weighted by atomic mass is 9.85. The topological polar surface area (TPSA) is 75.6 Å². The number of aliphatic hydroxyl groups is 1. The highest BCUT2D eigenvalue weighted by atomic mass is 19.1. The van der Waals surface area contributed by atoms with Gasteiger partial charge in [-0.25, -0.2) is 4.39 Å². The Bertz CT molecular complexity index is 861. The van der Waals surface area contributed by atoms with Crippen LogP contribution in [-0.2, 0) is 0 Å². The normalized spacial score (nSPS) is 20.7. The van der Waals surface area contributed by atoms with Crippen molar-refractivity contribution in [3.8, 4) is 5.75 Å². The molecular weight excluding hydrogens is 337 g/mol. The maximum Gasteiger partial charge on any atom is 0.251 e. The van der Waals surface area contributed by atoms with Gasteiger partial charge in [0.2, 0.25) is 0 Å². The van der Waals surface area contributed by atoms with E-state index in [2.05, 4.69) is 5.32 Å². The number of aliphatic hydroxyl groups excluding tert-OH is 1. The lowest BCUT2D eigenvalue weighted by Crippen LogP contribution is -2.53. The molecule has 0 aromatic heterocycles. The first-order chi connectivity index (χ1) is 12.2. The summed E-state index contributed by atoms with van der Waals surface area (Å²) in [5.41, 5.74) is 0.318. The summed E-state index contributed by atoms with van der Waals surface area (Å²) in [6.45, 7) is 4.88. The first-order valence-electron chi connectivity index (χ1n) is 8.27. The molecule has 2 atom stereocenters. The van der Waals surface area contributed by atoms with E-state index in [-0.39, 0.29) is 11.3 Å².